The summed E-state index contributed by atoms with van der Waals surface area (Å²) < 4.78 is 4.63. The lowest BCUT2D eigenvalue weighted by molar-refractivity contribution is 0.928. The Labute approximate surface area is 391 Å². The van der Waals surface area contributed by atoms with Crippen LogP contribution in [0.5, 0.6) is 0 Å². The first-order valence-electron chi connectivity index (χ1n) is 22.5. The van der Waals surface area contributed by atoms with Gasteiger partial charge in [0.15, 0.2) is 11.6 Å². The van der Waals surface area contributed by atoms with Crippen LogP contribution < -0.4 is 0 Å². The van der Waals surface area contributed by atoms with E-state index in [9.17, 15) is 5.26 Å². The van der Waals surface area contributed by atoms with E-state index in [1.807, 2.05) is 64.1 Å². The standard InChI is InChI=1S/C58H40N10/c1-34-60-35(2)63-57(62-34)40-23-25-53-47(27-40)44-19-11-13-21-51(44)67(53)55-31-43(33-59)46(42-29-49(38-15-7-5-8-16-38)66-50(30-42)39-17-9-6-10-18-39)32-56(55)68-52-22-14-12-20-45(52)48-28-41(24-26-54(48)68)58-64-36(3)61-37(4)65-58/h5-32H,1-4H3. The van der Waals surface area contributed by atoms with Crippen LogP contribution in [0.2, 0.25) is 0 Å². The summed E-state index contributed by atoms with van der Waals surface area (Å²) in [7, 11) is 0. The molecular formula is C58H40N10. The van der Waals surface area contributed by atoms with Gasteiger partial charge in [-0.3, -0.25) is 0 Å². The number of nitrogens with zero attached hydrogens (tertiary/aromatic N) is 10. The molecule has 7 aromatic carbocycles. The Morgan fingerprint density at radius 2 is 0.765 bits per heavy atom. The minimum Gasteiger partial charge on any atom is -0.307 e. The van der Waals surface area contributed by atoms with Crippen LogP contribution >= 0.6 is 0 Å². The predicted molar refractivity (Wildman–Crippen MR) is 271 cm³/mol. The van der Waals surface area contributed by atoms with Crippen LogP contribution in [0.1, 0.15) is 28.9 Å². The molecule has 0 fully saturated rings. The van der Waals surface area contributed by atoms with Gasteiger partial charge in [-0.15, -0.1) is 0 Å². The van der Waals surface area contributed by atoms with Gasteiger partial charge in [-0.25, -0.2) is 34.9 Å². The van der Waals surface area contributed by atoms with Gasteiger partial charge in [-0.05, 0) is 106 Å². The third-order valence-electron chi connectivity index (χ3n) is 12.6. The molecule has 10 nitrogen and oxygen atoms in total. The molecule has 0 radical (unpaired) electrons. The molecule has 0 aliphatic rings. The molecule has 322 valence electrons. The second-order valence-electron chi connectivity index (χ2n) is 17.0. The van der Waals surface area contributed by atoms with E-state index in [-0.39, 0.29) is 0 Å². The van der Waals surface area contributed by atoms with Gasteiger partial charge >= 0.3 is 0 Å². The SMILES string of the molecule is Cc1nc(C)nc(-c2ccc3c(c2)c2ccccc2n3-c2cc(C#N)c(-c3cc(-c4ccccc4)nc(-c4ccccc4)c3)cc2-n2c3ccccc3c3cc(-c4nc(C)nc(C)n4)ccc32)n1. The van der Waals surface area contributed by atoms with Gasteiger partial charge in [0, 0.05) is 49.4 Å². The number of pyridine rings is 1. The van der Waals surface area contributed by atoms with E-state index in [0.29, 0.717) is 40.5 Å². The van der Waals surface area contributed by atoms with Crippen LogP contribution in [0.3, 0.4) is 0 Å². The van der Waals surface area contributed by atoms with Crippen molar-refractivity contribution in [3.63, 3.8) is 0 Å². The molecule has 0 atom stereocenters. The number of nitriles is 1. The summed E-state index contributed by atoms with van der Waals surface area (Å²) in [5.41, 5.74) is 13.2. The zero-order valence-corrected chi connectivity index (χ0v) is 37.6. The maximum atomic E-state index is 11.3. The summed E-state index contributed by atoms with van der Waals surface area (Å²) >= 11 is 0. The Balaban J connectivity index is 1.18. The number of hydrogen-bond donors (Lipinski definition) is 0. The molecule has 5 aromatic heterocycles. The van der Waals surface area contributed by atoms with Gasteiger partial charge in [-0.2, -0.15) is 5.26 Å². The zero-order chi connectivity index (χ0) is 46.0. The largest absolute Gasteiger partial charge is 0.307 e. The minimum absolute atomic E-state index is 0.523. The first-order chi connectivity index (χ1) is 33.3. The molecule has 0 saturated carbocycles. The highest BCUT2D eigenvalue weighted by molar-refractivity contribution is 6.13. The summed E-state index contributed by atoms with van der Waals surface area (Å²) in [6, 6.07) is 61.2. The number of rotatable bonds is 7. The number of hydrogen-bond acceptors (Lipinski definition) is 8. The first kappa shape index (κ1) is 40.3. The summed E-state index contributed by atoms with van der Waals surface area (Å²) in [6.07, 6.45) is 0. The number of aromatic nitrogens is 9. The lowest BCUT2D eigenvalue weighted by atomic mass is 9.95. The van der Waals surface area contributed by atoms with Crippen LogP contribution in [0, 0.1) is 39.0 Å². The fraction of sp³-hybridized carbons (Fsp3) is 0.0690. The quantitative estimate of drug-likeness (QED) is 0.155. The van der Waals surface area contributed by atoms with E-state index < -0.39 is 0 Å². The van der Waals surface area contributed by atoms with Crippen LogP contribution in [-0.4, -0.2) is 44.0 Å². The van der Waals surface area contributed by atoms with Crippen molar-refractivity contribution in [2.24, 2.45) is 0 Å². The van der Waals surface area contributed by atoms with Gasteiger partial charge in [0.05, 0.1) is 56.5 Å². The fourth-order valence-corrected chi connectivity index (χ4v) is 9.70. The number of aryl methyl sites for hydroxylation is 4. The van der Waals surface area contributed by atoms with Crippen LogP contribution in [0.4, 0.5) is 0 Å². The second kappa shape index (κ2) is 16.0. The number of para-hydroxylation sites is 2. The molecule has 10 heteroatoms. The lowest BCUT2D eigenvalue weighted by Gasteiger charge is -2.20. The molecule has 68 heavy (non-hydrogen) atoms. The van der Waals surface area contributed by atoms with Crippen molar-refractivity contribution in [2.45, 2.75) is 27.7 Å². The summed E-state index contributed by atoms with van der Waals surface area (Å²) in [5, 5.41) is 15.5. The third kappa shape index (κ3) is 6.84. The van der Waals surface area contributed by atoms with Crippen molar-refractivity contribution in [3.05, 3.63) is 199 Å². The van der Waals surface area contributed by atoms with E-state index in [2.05, 4.69) is 159 Å². The van der Waals surface area contributed by atoms with Gasteiger partial charge in [0.1, 0.15) is 23.3 Å². The van der Waals surface area contributed by atoms with Crippen molar-refractivity contribution in [3.8, 4) is 73.9 Å². The monoisotopic (exact) mass is 876 g/mol. The van der Waals surface area contributed by atoms with Gasteiger partial charge < -0.3 is 9.13 Å². The predicted octanol–water partition coefficient (Wildman–Crippen LogP) is 13.1. The first-order valence-corrected chi connectivity index (χ1v) is 22.5. The van der Waals surface area contributed by atoms with Crippen molar-refractivity contribution in [1.29, 1.82) is 5.26 Å². The Morgan fingerprint density at radius 1 is 0.353 bits per heavy atom. The Bertz CT molecular complexity index is 3930. The molecule has 5 heterocycles. The molecule has 0 unspecified atom stereocenters. The zero-order valence-electron chi connectivity index (χ0n) is 37.6. The molecule has 0 spiro atoms. The Morgan fingerprint density at radius 3 is 1.22 bits per heavy atom. The molecule has 12 aromatic rings. The molecule has 0 aliphatic carbocycles. The fourth-order valence-electron chi connectivity index (χ4n) is 9.70. The summed E-state index contributed by atoms with van der Waals surface area (Å²) in [6.45, 7) is 7.57. The lowest BCUT2D eigenvalue weighted by Crippen LogP contribution is -2.06. The maximum absolute atomic E-state index is 11.3. The number of fused-ring (bicyclic) bond motifs is 6. The highest BCUT2D eigenvalue weighted by atomic mass is 15.1. The van der Waals surface area contributed by atoms with Crippen LogP contribution in [0.25, 0.3) is 111 Å². The molecule has 0 bridgehead atoms. The van der Waals surface area contributed by atoms with Gasteiger partial charge in [0.25, 0.3) is 0 Å². The molecule has 0 N–H and O–H groups in total. The second-order valence-corrected chi connectivity index (χ2v) is 17.0. The number of benzene rings is 7. The van der Waals surface area contributed by atoms with E-state index in [4.69, 9.17) is 24.9 Å². The van der Waals surface area contributed by atoms with Gasteiger partial charge in [0.2, 0.25) is 0 Å². The highest BCUT2D eigenvalue weighted by Crippen LogP contribution is 2.43. The molecule has 0 amide bonds. The topological polar surface area (TPSA) is 124 Å². The smallest absolute Gasteiger partial charge is 0.163 e. The molecule has 12 rings (SSSR count). The van der Waals surface area contributed by atoms with Crippen LogP contribution in [0.15, 0.2) is 170 Å². The van der Waals surface area contributed by atoms with E-state index in [1.165, 1.54) is 0 Å². The molecule has 0 saturated heterocycles. The average molecular weight is 877 g/mol. The summed E-state index contributed by atoms with van der Waals surface area (Å²) in [5.74, 6) is 3.93. The summed E-state index contributed by atoms with van der Waals surface area (Å²) in [4.78, 5) is 33.0. The molecular weight excluding hydrogens is 837 g/mol. The normalized spacial score (nSPS) is 11.5. The third-order valence-corrected chi connectivity index (χ3v) is 12.6. The van der Waals surface area contributed by atoms with Crippen molar-refractivity contribution in [1.82, 2.24) is 44.0 Å². The Hall–Kier alpha value is -9.20. The van der Waals surface area contributed by atoms with E-state index in [1.54, 1.807) is 0 Å². The van der Waals surface area contributed by atoms with Crippen molar-refractivity contribution >= 4 is 43.6 Å². The highest BCUT2D eigenvalue weighted by Gasteiger charge is 2.24. The molecule has 0 aliphatic heterocycles. The van der Waals surface area contributed by atoms with E-state index in [0.717, 1.165) is 99.8 Å². The van der Waals surface area contributed by atoms with Gasteiger partial charge in [-0.1, -0.05) is 97.1 Å². The van der Waals surface area contributed by atoms with Crippen molar-refractivity contribution in [2.75, 3.05) is 0 Å². The maximum Gasteiger partial charge on any atom is 0.163 e. The minimum atomic E-state index is 0.523. The van der Waals surface area contributed by atoms with Crippen LogP contribution in [-0.2, 0) is 0 Å². The van der Waals surface area contributed by atoms with Crippen molar-refractivity contribution < 1.29 is 0 Å². The average Bonchev–Trinajstić information content (AvgIpc) is 3.88. The Kier molecular flexibility index (Phi) is 9.51. The van der Waals surface area contributed by atoms with E-state index >= 15 is 0 Å².